The zero-order valence-electron chi connectivity index (χ0n) is 11.1. The van der Waals surface area contributed by atoms with E-state index in [0.717, 1.165) is 19.6 Å². The lowest BCUT2D eigenvalue weighted by Gasteiger charge is -2.38. The van der Waals surface area contributed by atoms with Crippen LogP contribution in [-0.4, -0.2) is 73.1 Å². The van der Waals surface area contributed by atoms with Crippen molar-refractivity contribution in [1.29, 1.82) is 0 Å². The summed E-state index contributed by atoms with van der Waals surface area (Å²) in [7, 11) is 0. The molecule has 0 spiro atoms. The lowest BCUT2D eigenvalue weighted by Crippen LogP contribution is -2.54. The molecule has 0 aromatic heterocycles. The first-order valence-electron chi connectivity index (χ1n) is 7.12. The molecular formula is C13H21N3O3. The van der Waals surface area contributed by atoms with Crippen LogP contribution in [0.5, 0.6) is 0 Å². The molecule has 6 heteroatoms. The van der Waals surface area contributed by atoms with Gasteiger partial charge in [-0.05, 0) is 6.42 Å². The highest BCUT2D eigenvalue weighted by Gasteiger charge is 2.37. The van der Waals surface area contributed by atoms with Crippen molar-refractivity contribution in [3.8, 4) is 0 Å². The van der Waals surface area contributed by atoms with Crippen molar-refractivity contribution in [1.82, 2.24) is 15.1 Å². The molecule has 0 radical (unpaired) electrons. The predicted molar refractivity (Wildman–Crippen MR) is 68.5 cm³/mol. The zero-order chi connectivity index (χ0) is 13.2. The van der Waals surface area contributed by atoms with Gasteiger partial charge in [0.2, 0.25) is 11.8 Å². The van der Waals surface area contributed by atoms with Crippen LogP contribution in [0, 0.1) is 0 Å². The van der Waals surface area contributed by atoms with Gasteiger partial charge in [-0.2, -0.15) is 0 Å². The molecule has 2 amide bonds. The number of hydrogen-bond acceptors (Lipinski definition) is 4. The zero-order valence-corrected chi connectivity index (χ0v) is 11.1. The van der Waals surface area contributed by atoms with Crippen LogP contribution in [0.2, 0.25) is 0 Å². The lowest BCUT2D eigenvalue weighted by atomic mass is 10.1. The number of amides is 2. The summed E-state index contributed by atoms with van der Waals surface area (Å²) in [5, 5.41) is 3.31. The maximum Gasteiger partial charge on any atom is 0.224 e. The number of carbonyl (C=O) groups is 2. The van der Waals surface area contributed by atoms with Crippen molar-refractivity contribution in [2.45, 2.75) is 31.3 Å². The smallest absolute Gasteiger partial charge is 0.224 e. The minimum absolute atomic E-state index is 0.143. The van der Waals surface area contributed by atoms with E-state index in [4.69, 9.17) is 4.74 Å². The van der Waals surface area contributed by atoms with Crippen molar-refractivity contribution in [2.24, 2.45) is 0 Å². The van der Waals surface area contributed by atoms with E-state index in [0.29, 0.717) is 39.1 Å². The van der Waals surface area contributed by atoms with Crippen molar-refractivity contribution in [2.75, 3.05) is 39.4 Å². The van der Waals surface area contributed by atoms with Crippen LogP contribution in [0.3, 0.4) is 0 Å². The Morgan fingerprint density at radius 2 is 2.32 bits per heavy atom. The van der Waals surface area contributed by atoms with Gasteiger partial charge in [0, 0.05) is 51.1 Å². The monoisotopic (exact) mass is 267 g/mol. The summed E-state index contributed by atoms with van der Waals surface area (Å²) in [5.74, 6) is 0.432. The molecule has 106 valence electrons. The molecular weight excluding hydrogens is 246 g/mol. The Morgan fingerprint density at radius 1 is 1.42 bits per heavy atom. The Morgan fingerprint density at radius 3 is 3.11 bits per heavy atom. The Hall–Kier alpha value is -1.14. The molecule has 0 aromatic rings. The third-order valence-corrected chi connectivity index (χ3v) is 4.27. The van der Waals surface area contributed by atoms with Gasteiger partial charge in [-0.3, -0.25) is 9.59 Å². The summed E-state index contributed by atoms with van der Waals surface area (Å²) in [5.41, 5.74) is 0. The van der Waals surface area contributed by atoms with Crippen molar-refractivity contribution in [3.63, 3.8) is 0 Å². The third kappa shape index (κ3) is 2.74. The molecule has 3 rings (SSSR count). The molecule has 3 heterocycles. The maximum absolute atomic E-state index is 12.3. The highest BCUT2D eigenvalue weighted by molar-refractivity contribution is 5.80. The van der Waals surface area contributed by atoms with Gasteiger partial charge in [0.25, 0.3) is 0 Å². The highest BCUT2D eigenvalue weighted by atomic mass is 16.5. The van der Waals surface area contributed by atoms with Gasteiger partial charge in [0.1, 0.15) is 0 Å². The van der Waals surface area contributed by atoms with Gasteiger partial charge in [0.05, 0.1) is 13.2 Å². The largest absolute Gasteiger partial charge is 0.378 e. The first kappa shape index (κ1) is 12.9. The Kier molecular flexibility index (Phi) is 3.70. The summed E-state index contributed by atoms with van der Waals surface area (Å²) in [4.78, 5) is 27.7. The van der Waals surface area contributed by atoms with Crippen LogP contribution in [0.25, 0.3) is 0 Å². The quantitative estimate of drug-likeness (QED) is 0.711. The number of carbonyl (C=O) groups excluding carboxylic acids is 2. The standard InChI is InChI=1S/C13H21N3O3/c17-12-2-1-11-8-15(4-5-16(11)12)13(18)7-10-9-19-6-3-14-10/h10-11,14H,1-9H2. The topological polar surface area (TPSA) is 61.9 Å². The fourth-order valence-electron chi connectivity index (χ4n) is 3.18. The second-order valence-corrected chi connectivity index (χ2v) is 5.55. The number of nitrogens with zero attached hydrogens (tertiary/aromatic N) is 2. The molecule has 2 atom stereocenters. The summed E-state index contributed by atoms with van der Waals surface area (Å²) in [6.45, 7) is 4.25. The second-order valence-electron chi connectivity index (χ2n) is 5.55. The normalized spacial score (nSPS) is 31.5. The van der Waals surface area contributed by atoms with Crippen LogP contribution < -0.4 is 5.32 Å². The SMILES string of the molecule is O=C(CC1COCCN1)N1CCN2C(=O)CCC2C1. The maximum atomic E-state index is 12.3. The Balaban J connectivity index is 1.52. The van der Waals surface area contributed by atoms with Gasteiger partial charge in [0.15, 0.2) is 0 Å². The van der Waals surface area contributed by atoms with Crippen LogP contribution in [0.4, 0.5) is 0 Å². The predicted octanol–water partition coefficient (Wildman–Crippen LogP) is -0.802. The van der Waals surface area contributed by atoms with E-state index in [1.54, 1.807) is 0 Å². The molecule has 1 N–H and O–H groups in total. The van der Waals surface area contributed by atoms with Crippen molar-refractivity contribution in [3.05, 3.63) is 0 Å². The van der Waals surface area contributed by atoms with Crippen LogP contribution in [0.1, 0.15) is 19.3 Å². The average Bonchev–Trinajstić information content (AvgIpc) is 2.81. The van der Waals surface area contributed by atoms with E-state index in [1.807, 2.05) is 9.80 Å². The number of fused-ring (bicyclic) bond motifs is 1. The number of ether oxygens (including phenoxy) is 1. The molecule has 3 aliphatic rings. The average molecular weight is 267 g/mol. The van der Waals surface area contributed by atoms with Crippen LogP contribution >= 0.6 is 0 Å². The molecule has 0 saturated carbocycles. The molecule has 3 fully saturated rings. The summed E-state index contributed by atoms with van der Waals surface area (Å²) >= 11 is 0. The molecule has 0 aliphatic carbocycles. The molecule has 0 aromatic carbocycles. The summed E-state index contributed by atoms with van der Waals surface area (Å²) in [6.07, 6.45) is 2.04. The van der Waals surface area contributed by atoms with Gasteiger partial charge >= 0.3 is 0 Å². The number of nitrogens with one attached hydrogen (secondary N) is 1. The van der Waals surface area contributed by atoms with Crippen LogP contribution in [-0.2, 0) is 14.3 Å². The molecule has 2 unspecified atom stereocenters. The Labute approximate surface area is 113 Å². The van der Waals surface area contributed by atoms with Crippen molar-refractivity contribution >= 4 is 11.8 Å². The van der Waals surface area contributed by atoms with Gasteiger partial charge < -0.3 is 19.9 Å². The van der Waals surface area contributed by atoms with E-state index < -0.39 is 0 Å². The van der Waals surface area contributed by atoms with E-state index in [9.17, 15) is 9.59 Å². The third-order valence-electron chi connectivity index (χ3n) is 4.27. The van der Waals surface area contributed by atoms with Crippen molar-refractivity contribution < 1.29 is 14.3 Å². The molecule has 3 aliphatic heterocycles. The minimum atomic E-state index is 0.143. The van der Waals surface area contributed by atoms with Crippen LogP contribution in [0.15, 0.2) is 0 Å². The first-order valence-corrected chi connectivity index (χ1v) is 7.12. The first-order chi connectivity index (χ1) is 9.24. The van der Waals surface area contributed by atoms with Gasteiger partial charge in [-0.1, -0.05) is 0 Å². The summed E-state index contributed by atoms with van der Waals surface area (Å²) in [6, 6.07) is 0.394. The number of hydrogen-bond donors (Lipinski definition) is 1. The lowest BCUT2D eigenvalue weighted by molar-refractivity contribution is -0.139. The fourth-order valence-corrected chi connectivity index (χ4v) is 3.18. The molecule has 19 heavy (non-hydrogen) atoms. The number of piperazine rings is 1. The van der Waals surface area contributed by atoms with E-state index in [1.165, 1.54) is 0 Å². The Bertz CT molecular complexity index is 368. The fraction of sp³-hybridized carbons (Fsp3) is 0.846. The second kappa shape index (κ2) is 5.46. The van der Waals surface area contributed by atoms with Gasteiger partial charge in [-0.25, -0.2) is 0 Å². The molecule has 3 saturated heterocycles. The van der Waals surface area contributed by atoms with E-state index in [2.05, 4.69) is 5.32 Å². The van der Waals surface area contributed by atoms with Gasteiger partial charge in [-0.15, -0.1) is 0 Å². The van der Waals surface area contributed by atoms with E-state index in [-0.39, 0.29) is 23.9 Å². The number of rotatable bonds is 2. The minimum Gasteiger partial charge on any atom is -0.378 e. The molecule has 6 nitrogen and oxygen atoms in total. The number of morpholine rings is 1. The highest BCUT2D eigenvalue weighted by Crippen LogP contribution is 2.23. The van der Waals surface area contributed by atoms with E-state index >= 15 is 0 Å². The summed E-state index contributed by atoms with van der Waals surface area (Å²) < 4.78 is 5.37. The molecule has 0 bridgehead atoms.